The van der Waals surface area contributed by atoms with E-state index in [4.69, 9.17) is 9.47 Å². The number of unbranched alkanes of at least 4 members (excludes halogenated alkanes) is 3. The van der Waals surface area contributed by atoms with Crippen molar-refractivity contribution in [2.45, 2.75) is 72.3 Å². The summed E-state index contributed by atoms with van der Waals surface area (Å²) in [6, 6.07) is 13.9. The van der Waals surface area contributed by atoms with Crippen molar-refractivity contribution in [3.8, 4) is 11.5 Å². The Morgan fingerprint density at radius 2 is 1.38 bits per heavy atom. The second-order valence-corrected chi connectivity index (χ2v) is 10.2. The van der Waals surface area contributed by atoms with E-state index in [1.54, 1.807) is 29.2 Å². The largest absolute Gasteiger partial charge is 0.507 e. The molecule has 1 atom stereocenters. The van der Waals surface area contributed by atoms with Crippen LogP contribution in [0.3, 0.4) is 0 Å². The Morgan fingerprint density at radius 3 is 1.95 bits per heavy atom. The van der Waals surface area contributed by atoms with Crippen LogP contribution in [0.5, 0.6) is 11.5 Å². The van der Waals surface area contributed by atoms with Crippen LogP contribution in [-0.4, -0.2) is 66.0 Å². The highest BCUT2D eigenvalue weighted by Gasteiger charge is 2.45. The summed E-state index contributed by atoms with van der Waals surface area (Å²) in [4.78, 5) is 30.6. The smallest absolute Gasteiger partial charge is 0.295 e. The number of likely N-dealkylation sites (tertiary alicyclic amines) is 1. The maximum absolute atomic E-state index is 13.4. The van der Waals surface area contributed by atoms with Gasteiger partial charge in [0.1, 0.15) is 17.3 Å². The fourth-order valence-electron chi connectivity index (χ4n) is 4.95. The molecule has 1 aliphatic rings. The average molecular weight is 551 g/mol. The van der Waals surface area contributed by atoms with Crippen LogP contribution in [0.1, 0.15) is 83.4 Å². The lowest BCUT2D eigenvalue weighted by Gasteiger charge is -2.27. The molecule has 0 radical (unpaired) electrons. The van der Waals surface area contributed by atoms with Crippen LogP contribution in [-0.2, 0) is 9.59 Å². The molecule has 1 aliphatic heterocycles. The standard InChI is InChI=1S/C33H46N2O5/c1-5-9-11-24-40-27-17-13-25(14-18-27)30-29(31(36)26-15-19-28(20-16-26)39-23-10-6-2)32(37)33(38)35(30)22-12-21-34(7-3)8-4/h13-20,30,36H,5-12,21-24H2,1-4H3/b31-29+. The van der Waals surface area contributed by atoms with E-state index in [0.29, 0.717) is 31.1 Å². The minimum atomic E-state index is -0.675. The van der Waals surface area contributed by atoms with E-state index in [0.717, 1.165) is 69.5 Å². The maximum atomic E-state index is 13.4. The number of Topliss-reactive ketones (excluding diaryl/α,β-unsaturated/α-hetero) is 1. The van der Waals surface area contributed by atoms with Gasteiger partial charge >= 0.3 is 0 Å². The summed E-state index contributed by atoms with van der Waals surface area (Å²) in [6.45, 7) is 12.9. The molecule has 2 aromatic rings. The third kappa shape index (κ3) is 8.10. The Bertz CT molecular complexity index is 1110. The van der Waals surface area contributed by atoms with E-state index < -0.39 is 17.7 Å². The van der Waals surface area contributed by atoms with Crippen LogP contribution in [0.15, 0.2) is 54.1 Å². The minimum absolute atomic E-state index is 0.115. The second kappa shape index (κ2) is 16.1. The predicted octanol–water partition coefficient (Wildman–Crippen LogP) is 6.59. The molecule has 1 unspecified atom stereocenters. The van der Waals surface area contributed by atoms with Gasteiger partial charge in [-0.2, -0.15) is 0 Å². The van der Waals surface area contributed by atoms with Gasteiger partial charge in [0.25, 0.3) is 11.7 Å². The molecule has 2 aromatic carbocycles. The summed E-state index contributed by atoms with van der Waals surface area (Å²) >= 11 is 0. The molecule has 0 aliphatic carbocycles. The SMILES string of the molecule is CCCCCOc1ccc(C2/C(=C(\O)c3ccc(OCCCC)cc3)C(=O)C(=O)N2CCCN(CC)CC)cc1. The molecule has 7 nitrogen and oxygen atoms in total. The first-order chi connectivity index (χ1) is 19.4. The number of benzene rings is 2. The topological polar surface area (TPSA) is 79.3 Å². The molecule has 1 saturated heterocycles. The molecule has 0 saturated carbocycles. The molecule has 1 amide bonds. The van der Waals surface area contributed by atoms with Crippen LogP contribution < -0.4 is 9.47 Å². The molecule has 3 rings (SSSR count). The number of ketones is 1. The number of hydrogen-bond donors (Lipinski definition) is 1. The van der Waals surface area contributed by atoms with Crippen LogP contribution in [0, 0.1) is 0 Å². The molecule has 1 N–H and O–H groups in total. The summed E-state index contributed by atoms with van der Waals surface area (Å²) in [5.41, 5.74) is 1.36. The highest BCUT2D eigenvalue weighted by atomic mass is 16.5. The number of rotatable bonds is 17. The van der Waals surface area contributed by atoms with Crippen molar-refractivity contribution in [2.24, 2.45) is 0 Å². The van der Waals surface area contributed by atoms with Crippen molar-refractivity contribution in [1.29, 1.82) is 0 Å². The van der Waals surface area contributed by atoms with Gasteiger partial charge in [-0.1, -0.05) is 59.1 Å². The fourth-order valence-corrected chi connectivity index (χ4v) is 4.95. The number of amides is 1. The fraction of sp³-hybridized carbons (Fsp3) is 0.515. The average Bonchev–Trinajstić information content (AvgIpc) is 3.23. The van der Waals surface area contributed by atoms with E-state index in [9.17, 15) is 14.7 Å². The Labute approximate surface area is 239 Å². The van der Waals surface area contributed by atoms with Crippen molar-refractivity contribution in [3.63, 3.8) is 0 Å². The number of carbonyl (C=O) groups excluding carboxylic acids is 2. The Kier molecular flexibility index (Phi) is 12.5. The minimum Gasteiger partial charge on any atom is -0.507 e. The zero-order valence-electron chi connectivity index (χ0n) is 24.7. The number of aliphatic hydroxyl groups is 1. The van der Waals surface area contributed by atoms with Gasteiger partial charge in [-0.25, -0.2) is 0 Å². The first-order valence-corrected chi connectivity index (χ1v) is 14.9. The van der Waals surface area contributed by atoms with Gasteiger partial charge in [0, 0.05) is 12.1 Å². The molecule has 40 heavy (non-hydrogen) atoms. The first-order valence-electron chi connectivity index (χ1n) is 14.9. The molecule has 1 heterocycles. The van der Waals surface area contributed by atoms with Crippen molar-refractivity contribution in [3.05, 3.63) is 65.2 Å². The number of nitrogens with zero attached hydrogens (tertiary/aromatic N) is 2. The van der Waals surface area contributed by atoms with E-state index in [-0.39, 0.29) is 11.3 Å². The van der Waals surface area contributed by atoms with Crippen molar-refractivity contribution in [2.75, 3.05) is 39.4 Å². The highest BCUT2D eigenvalue weighted by molar-refractivity contribution is 6.46. The van der Waals surface area contributed by atoms with Gasteiger partial charge in [-0.15, -0.1) is 0 Å². The molecular formula is C33H46N2O5. The lowest BCUT2D eigenvalue weighted by molar-refractivity contribution is -0.140. The van der Waals surface area contributed by atoms with Gasteiger partial charge in [0.15, 0.2) is 0 Å². The zero-order chi connectivity index (χ0) is 28.9. The van der Waals surface area contributed by atoms with E-state index in [1.807, 2.05) is 24.3 Å². The summed E-state index contributed by atoms with van der Waals surface area (Å²) < 4.78 is 11.6. The number of aliphatic hydroxyl groups excluding tert-OH is 1. The first kappa shape index (κ1) is 31.2. The van der Waals surface area contributed by atoms with Gasteiger partial charge < -0.3 is 24.4 Å². The summed E-state index contributed by atoms with van der Waals surface area (Å²) in [6.07, 6.45) is 5.97. The van der Waals surface area contributed by atoms with Crippen LogP contribution in [0.2, 0.25) is 0 Å². The van der Waals surface area contributed by atoms with Crippen molar-refractivity contribution in [1.82, 2.24) is 9.80 Å². The zero-order valence-corrected chi connectivity index (χ0v) is 24.7. The Hall–Kier alpha value is -3.32. The monoisotopic (exact) mass is 550 g/mol. The van der Waals surface area contributed by atoms with Crippen LogP contribution in [0.25, 0.3) is 5.76 Å². The molecule has 0 bridgehead atoms. The third-order valence-electron chi connectivity index (χ3n) is 7.41. The molecular weight excluding hydrogens is 504 g/mol. The quantitative estimate of drug-likeness (QED) is 0.104. The normalized spacial score (nSPS) is 16.6. The third-order valence-corrected chi connectivity index (χ3v) is 7.41. The lowest BCUT2D eigenvalue weighted by Crippen LogP contribution is -2.33. The van der Waals surface area contributed by atoms with Gasteiger partial charge in [0.05, 0.1) is 24.8 Å². The Balaban J connectivity index is 1.91. The van der Waals surface area contributed by atoms with Crippen molar-refractivity contribution < 1.29 is 24.2 Å². The number of ether oxygens (including phenoxy) is 2. The van der Waals surface area contributed by atoms with E-state index in [2.05, 4.69) is 32.6 Å². The molecule has 7 heteroatoms. The van der Waals surface area contributed by atoms with Gasteiger partial charge in [0.2, 0.25) is 0 Å². The summed E-state index contributed by atoms with van der Waals surface area (Å²) in [5.74, 6) is 0.0403. The van der Waals surface area contributed by atoms with Gasteiger partial charge in [-0.05, 0) is 80.9 Å². The van der Waals surface area contributed by atoms with Crippen molar-refractivity contribution >= 4 is 17.4 Å². The maximum Gasteiger partial charge on any atom is 0.295 e. The number of carbonyl (C=O) groups is 2. The molecule has 218 valence electrons. The lowest BCUT2D eigenvalue weighted by atomic mass is 9.95. The highest BCUT2D eigenvalue weighted by Crippen LogP contribution is 2.40. The van der Waals surface area contributed by atoms with Crippen LogP contribution in [0.4, 0.5) is 0 Å². The van der Waals surface area contributed by atoms with E-state index in [1.165, 1.54) is 0 Å². The molecule has 0 spiro atoms. The Morgan fingerprint density at radius 1 is 0.800 bits per heavy atom. The summed E-state index contributed by atoms with van der Waals surface area (Å²) in [5, 5.41) is 11.4. The summed E-state index contributed by atoms with van der Waals surface area (Å²) in [7, 11) is 0. The van der Waals surface area contributed by atoms with E-state index >= 15 is 0 Å². The number of hydrogen-bond acceptors (Lipinski definition) is 6. The molecule has 1 fully saturated rings. The molecule has 0 aromatic heterocycles. The second-order valence-electron chi connectivity index (χ2n) is 10.2. The van der Waals surface area contributed by atoms with Gasteiger partial charge in [-0.3, -0.25) is 9.59 Å². The predicted molar refractivity (Wildman–Crippen MR) is 160 cm³/mol. The van der Waals surface area contributed by atoms with Crippen LogP contribution >= 0.6 is 0 Å².